The van der Waals surface area contributed by atoms with E-state index in [9.17, 15) is 9.59 Å². The summed E-state index contributed by atoms with van der Waals surface area (Å²) in [6.45, 7) is 11.1. The summed E-state index contributed by atoms with van der Waals surface area (Å²) in [6.07, 6.45) is 2.67. The molecule has 2 saturated heterocycles. The summed E-state index contributed by atoms with van der Waals surface area (Å²) in [5, 5.41) is 3.03. The van der Waals surface area contributed by atoms with Crippen molar-refractivity contribution in [1.29, 1.82) is 0 Å². The maximum Gasteiger partial charge on any atom is 0.253 e. The normalized spacial score (nSPS) is 20.9. The van der Waals surface area contributed by atoms with Crippen molar-refractivity contribution in [2.24, 2.45) is 0 Å². The number of nitrogens with one attached hydrogen (secondary N) is 1. The van der Waals surface area contributed by atoms with Gasteiger partial charge in [0.2, 0.25) is 5.91 Å². The minimum Gasteiger partial charge on any atom is -0.353 e. The van der Waals surface area contributed by atoms with Crippen LogP contribution < -0.4 is 10.2 Å². The van der Waals surface area contributed by atoms with E-state index in [1.807, 2.05) is 56.1 Å². The number of nitrogens with zero attached hydrogens (tertiary/aromatic N) is 3. The van der Waals surface area contributed by atoms with Crippen LogP contribution in [-0.4, -0.2) is 53.4 Å². The first-order chi connectivity index (χ1) is 14.2. The molecule has 2 aromatic rings. The van der Waals surface area contributed by atoms with Crippen molar-refractivity contribution in [2.45, 2.75) is 45.6 Å². The molecule has 2 amide bonds. The van der Waals surface area contributed by atoms with Crippen molar-refractivity contribution in [3.8, 4) is 0 Å². The molecule has 1 aromatic carbocycles. The minimum atomic E-state index is -0.180. The lowest BCUT2D eigenvalue weighted by molar-refractivity contribution is -0.120. The maximum absolute atomic E-state index is 13.0. The van der Waals surface area contributed by atoms with Gasteiger partial charge in [-0.1, -0.05) is 18.2 Å². The van der Waals surface area contributed by atoms with Gasteiger partial charge >= 0.3 is 0 Å². The van der Waals surface area contributed by atoms with Crippen LogP contribution in [-0.2, 0) is 4.79 Å². The summed E-state index contributed by atoms with van der Waals surface area (Å²) in [7, 11) is 0. The highest BCUT2D eigenvalue weighted by molar-refractivity contribution is 5.94. The fraction of sp³-hybridized carbons (Fsp3) is 0.458. The van der Waals surface area contributed by atoms with E-state index in [2.05, 4.69) is 28.2 Å². The molecule has 1 atom stereocenters. The highest BCUT2D eigenvalue weighted by atomic mass is 16.2. The van der Waals surface area contributed by atoms with Gasteiger partial charge < -0.3 is 15.1 Å². The van der Waals surface area contributed by atoms with Crippen LogP contribution in [0.25, 0.3) is 0 Å². The molecule has 0 radical (unpaired) electrons. The quantitative estimate of drug-likeness (QED) is 0.851. The predicted octanol–water partition coefficient (Wildman–Crippen LogP) is 3.04. The van der Waals surface area contributed by atoms with Gasteiger partial charge in [0.05, 0.1) is 5.92 Å². The van der Waals surface area contributed by atoms with Crippen molar-refractivity contribution in [2.75, 3.05) is 31.1 Å². The Hall–Kier alpha value is -2.89. The molecule has 3 heterocycles. The Morgan fingerprint density at radius 2 is 1.77 bits per heavy atom. The molecule has 2 fully saturated rings. The third kappa shape index (κ3) is 4.04. The molecule has 0 aliphatic carbocycles. The lowest BCUT2D eigenvalue weighted by atomic mass is 9.90. The molecule has 0 spiro atoms. The number of carbonyl (C=O) groups excluding carboxylic acids is 2. The van der Waals surface area contributed by atoms with E-state index in [0.717, 1.165) is 36.5 Å². The second kappa shape index (κ2) is 7.74. The summed E-state index contributed by atoms with van der Waals surface area (Å²) in [4.78, 5) is 34.0. The number of hydrogen-bond donors (Lipinski definition) is 1. The second-order valence-corrected chi connectivity index (χ2v) is 9.18. The Morgan fingerprint density at radius 1 is 1.10 bits per heavy atom. The molecule has 0 bridgehead atoms. The summed E-state index contributed by atoms with van der Waals surface area (Å²) in [6, 6.07) is 9.71. The van der Waals surface area contributed by atoms with Gasteiger partial charge in [-0.25, -0.2) is 4.98 Å². The maximum atomic E-state index is 13.0. The van der Waals surface area contributed by atoms with E-state index in [0.29, 0.717) is 18.7 Å². The van der Waals surface area contributed by atoms with Gasteiger partial charge in [-0.2, -0.15) is 0 Å². The van der Waals surface area contributed by atoms with Crippen LogP contribution in [0.2, 0.25) is 0 Å². The Balaban J connectivity index is 1.39. The Labute approximate surface area is 178 Å². The molecule has 6 heteroatoms. The topological polar surface area (TPSA) is 65.5 Å². The first-order valence-electron chi connectivity index (χ1n) is 10.6. The highest BCUT2D eigenvalue weighted by Gasteiger charge is 2.38. The summed E-state index contributed by atoms with van der Waals surface area (Å²) in [5.74, 6) is 0.981. The zero-order valence-corrected chi connectivity index (χ0v) is 18.2. The number of aromatic nitrogens is 1. The van der Waals surface area contributed by atoms with Crippen LogP contribution in [0.15, 0.2) is 36.5 Å². The largest absolute Gasteiger partial charge is 0.353 e. The molecule has 6 nitrogen and oxygen atoms in total. The van der Waals surface area contributed by atoms with Gasteiger partial charge in [0, 0.05) is 43.5 Å². The van der Waals surface area contributed by atoms with Crippen LogP contribution in [0.3, 0.4) is 0 Å². The summed E-state index contributed by atoms with van der Waals surface area (Å²) in [5.41, 5.74) is 3.80. The first kappa shape index (κ1) is 20.4. The molecular weight excluding hydrogens is 376 g/mol. The third-order valence-corrected chi connectivity index (χ3v) is 6.11. The van der Waals surface area contributed by atoms with Crippen LogP contribution >= 0.6 is 0 Å². The van der Waals surface area contributed by atoms with Gasteiger partial charge in [0.1, 0.15) is 5.82 Å². The van der Waals surface area contributed by atoms with E-state index >= 15 is 0 Å². The van der Waals surface area contributed by atoms with Gasteiger partial charge in [0.25, 0.3) is 5.91 Å². The molecule has 2 aliphatic heterocycles. The second-order valence-electron chi connectivity index (χ2n) is 9.18. The summed E-state index contributed by atoms with van der Waals surface area (Å²) >= 11 is 0. The number of rotatable bonds is 3. The van der Waals surface area contributed by atoms with Gasteiger partial charge in [-0.3, -0.25) is 9.59 Å². The number of hydrogen-bond acceptors (Lipinski definition) is 4. The van der Waals surface area contributed by atoms with E-state index in [1.165, 1.54) is 5.56 Å². The van der Waals surface area contributed by atoms with Gasteiger partial charge in [-0.05, 0) is 62.9 Å². The number of amides is 2. The van der Waals surface area contributed by atoms with Crippen LogP contribution in [0.5, 0.6) is 0 Å². The molecule has 4 rings (SSSR count). The SMILES string of the molecule is Cc1cnc(N2CCN(C(=O)c3ccc(C4CC(C)(C)NC4=O)cc3)CC2)c(C)c1. The Bertz CT molecular complexity index is 960. The average Bonchev–Trinajstić information content (AvgIpc) is 3.00. The number of piperazine rings is 1. The Morgan fingerprint density at radius 3 is 2.33 bits per heavy atom. The summed E-state index contributed by atoms with van der Waals surface area (Å²) < 4.78 is 0. The van der Waals surface area contributed by atoms with Crippen molar-refractivity contribution in [1.82, 2.24) is 15.2 Å². The number of aryl methyl sites for hydroxylation is 2. The fourth-order valence-electron chi connectivity index (χ4n) is 4.54. The molecule has 30 heavy (non-hydrogen) atoms. The van der Waals surface area contributed by atoms with Crippen LogP contribution in [0.4, 0.5) is 5.82 Å². The van der Waals surface area contributed by atoms with E-state index in [-0.39, 0.29) is 23.3 Å². The lowest BCUT2D eigenvalue weighted by Crippen LogP contribution is -2.49. The van der Waals surface area contributed by atoms with Crippen molar-refractivity contribution in [3.05, 3.63) is 58.8 Å². The molecule has 1 unspecified atom stereocenters. The van der Waals surface area contributed by atoms with Crippen LogP contribution in [0.1, 0.15) is 53.2 Å². The number of carbonyl (C=O) groups is 2. The van der Waals surface area contributed by atoms with Gasteiger partial charge in [-0.15, -0.1) is 0 Å². The van der Waals surface area contributed by atoms with Crippen molar-refractivity contribution >= 4 is 17.6 Å². The van der Waals surface area contributed by atoms with E-state index < -0.39 is 0 Å². The molecule has 0 saturated carbocycles. The molecular formula is C24H30N4O2. The number of benzene rings is 1. The number of pyridine rings is 1. The standard InChI is InChI=1S/C24H30N4O2/c1-16-13-17(2)21(25-15-16)27-9-11-28(12-10-27)23(30)19-7-5-18(6-8-19)20-14-24(3,4)26-22(20)29/h5-8,13,15,20H,9-12,14H2,1-4H3,(H,26,29). The average molecular weight is 407 g/mol. The highest BCUT2D eigenvalue weighted by Crippen LogP contribution is 2.32. The number of anilines is 1. The predicted molar refractivity (Wildman–Crippen MR) is 118 cm³/mol. The van der Waals surface area contributed by atoms with Crippen molar-refractivity contribution in [3.63, 3.8) is 0 Å². The minimum absolute atomic E-state index is 0.0472. The lowest BCUT2D eigenvalue weighted by Gasteiger charge is -2.36. The smallest absolute Gasteiger partial charge is 0.253 e. The van der Waals surface area contributed by atoms with Crippen molar-refractivity contribution < 1.29 is 9.59 Å². The monoisotopic (exact) mass is 406 g/mol. The fourth-order valence-corrected chi connectivity index (χ4v) is 4.54. The molecule has 1 aromatic heterocycles. The van der Waals surface area contributed by atoms with E-state index in [4.69, 9.17) is 0 Å². The third-order valence-electron chi connectivity index (χ3n) is 6.11. The first-order valence-corrected chi connectivity index (χ1v) is 10.6. The Kier molecular flexibility index (Phi) is 5.26. The zero-order valence-electron chi connectivity index (χ0n) is 18.2. The zero-order chi connectivity index (χ0) is 21.5. The molecule has 158 valence electrons. The van der Waals surface area contributed by atoms with Gasteiger partial charge in [0.15, 0.2) is 0 Å². The van der Waals surface area contributed by atoms with Crippen LogP contribution in [0, 0.1) is 13.8 Å². The molecule has 1 N–H and O–H groups in total. The molecule has 2 aliphatic rings. The van der Waals surface area contributed by atoms with E-state index in [1.54, 1.807) is 0 Å².